The molecule has 0 aromatic rings. The summed E-state index contributed by atoms with van der Waals surface area (Å²) in [4.78, 5) is 10.6. The predicted molar refractivity (Wildman–Crippen MR) is 67.5 cm³/mol. The highest BCUT2D eigenvalue weighted by atomic mass is 32.1. The second kappa shape index (κ2) is 8.33. The van der Waals surface area contributed by atoms with Crippen molar-refractivity contribution in [1.82, 2.24) is 0 Å². The van der Waals surface area contributed by atoms with Gasteiger partial charge >= 0.3 is 8.56 Å². The first kappa shape index (κ1) is 15.2. The molecule has 0 fully saturated rings. The largest absolute Gasteiger partial charge is 0.395 e. The summed E-state index contributed by atoms with van der Waals surface area (Å²) in [7, 11) is -1.96. The Balaban J connectivity index is 3.79. The third-order valence-electron chi connectivity index (χ3n) is 2.17. The van der Waals surface area contributed by atoms with Crippen molar-refractivity contribution in [3.63, 3.8) is 0 Å². The minimum absolute atomic E-state index is 0.0359. The average Bonchev–Trinajstić information content (AvgIpc) is 2.13. The van der Waals surface area contributed by atoms with Crippen molar-refractivity contribution in [3.05, 3.63) is 0 Å². The Morgan fingerprint density at radius 1 is 1.20 bits per heavy atom. The smallest absolute Gasteiger partial charge is 0.334 e. The summed E-state index contributed by atoms with van der Waals surface area (Å²) >= 11 is 3.74. The molecule has 0 spiro atoms. The zero-order valence-electron chi connectivity index (χ0n) is 9.91. The molecule has 0 aliphatic heterocycles. The average molecular weight is 250 g/mol. The predicted octanol–water partition coefficient (Wildman–Crippen LogP) is 2.76. The van der Waals surface area contributed by atoms with Crippen molar-refractivity contribution < 1.29 is 13.6 Å². The highest BCUT2D eigenvalue weighted by Gasteiger charge is 2.29. The first-order valence-corrected chi connectivity index (χ1v) is 8.51. The number of carbonyl (C=O) groups is 1. The lowest BCUT2D eigenvalue weighted by molar-refractivity contribution is -0.110. The molecule has 3 nitrogen and oxygen atoms in total. The Bertz CT molecular complexity index is 182. The van der Waals surface area contributed by atoms with Gasteiger partial charge in [-0.25, -0.2) is 0 Å². The lowest BCUT2D eigenvalue weighted by Crippen LogP contribution is -2.38. The number of carbonyl (C=O) groups excluding carboxylic acids is 1. The molecule has 0 heterocycles. The van der Waals surface area contributed by atoms with E-state index in [9.17, 15) is 4.79 Å². The van der Waals surface area contributed by atoms with Crippen molar-refractivity contribution in [3.8, 4) is 0 Å². The summed E-state index contributed by atoms with van der Waals surface area (Å²) in [5, 5.41) is -0.0359. The Kier molecular flexibility index (Phi) is 8.41. The molecule has 0 atom stereocenters. The minimum Gasteiger partial charge on any atom is -0.395 e. The van der Waals surface area contributed by atoms with Gasteiger partial charge in [0, 0.05) is 19.6 Å². The zero-order valence-corrected chi connectivity index (χ0v) is 11.8. The molecule has 0 aliphatic rings. The van der Waals surface area contributed by atoms with Crippen LogP contribution in [-0.2, 0) is 13.6 Å². The van der Waals surface area contributed by atoms with Crippen LogP contribution in [0, 0.1) is 0 Å². The Labute approximate surface area is 99.2 Å². The summed E-state index contributed by atoms with van der Waals surface area (Å²) in [5.74, 6) is 0. The maximum absolute atomic E-state index is 10.6. The topological polar surface area (TPSA) is 35.5 Å². The first-order chi connectivity index (χ1) is 7.04. The molecule has 15 heavy (non-hydrogen) atoms. The van der Waals surface area contributed by atoms with E-state index in [-0.39, 0.29) is 5.12 Å². The van der Waals surface area contributed by atoms with Crippen molar-refractivity contribution >= 4 is 26.3 Å². The standard InChI is InChI=1S/C10H22O3SSi/c1-4-12-15(3,13-5-2)9-7-6-8-10(11)14/h4-9H2,1-3H3,(H,11,14). The van der Waals surface area contributed by atoms with E-state index in [1.54, 1.807) is 0 Å². The summed E-state index contributed by atoms with van der Waals surface area (Å²) < 4.78 is 11.4. The fourth-order valence-corrected chi connectivity index (χ4v) is 4.16. The van der Waals surface area contributed by atoms with E-state index in [4.69, 9.17) is 8.85 Å². The number of hydrogen-bond acceptors (Lipinski definition) is 3. The highest BCUT2D eigenvalue weighted by Crippen LogP contribution is 2.18. The van der Waals surface area contributed by atoms with E-state index in [1.807, 2.05) is 13.8 Å². The molecule has 0 saturated carbocycles. The van der Waals surface area contributed by atoms with Gasteiger partial charge in [-0.2, -0.15) is 0 Å². The number of rotatable bonds is 9. The minimum atomic E-state index is -1.96. The molecular formula is C10H22O3SSi. The monoisotopic (exact) mass is 250 g/mol. The summed E-state index contributed by atoms with van der Waals surface area (Å²) in [6, 6.07) is 0.954. The summed E-state index contributed by atoms with van der Waals surface area (Å²) in [6.07, 6.45) is 2.41. The van der Waals surface area contributed by atoms with E-state index in [2.05, 4.69) is 19.2 Å². The normalized spacial score (nSPS) is 11.7. The molecule has 0 amide bonds. The van der Waals surface area contributed by atoms with Crippen molar-refractivity contribution in [1.29, 1.82) is 0 Å². The molecule has 0 aromatic carbocycles. The van der Waals surface area contributed by atoms with Crippen molar-refractivity contribution in [2.24, 2.45) is 0 Å². The van der Waals surface area contributed by atoms with E-state index in [0.29, 0.717) is 19.6 Å². The SMILES string of the molecule is CCO[Si](C)(CCCCC(=O)S)OCC. The van der Waals surface area contributed by atoms with Crippen LogP contribution in [0.2, 0.25) is 12.6 Å². The molecule has 0 radical (unpaired) electrons. The zero-order chi connectivity index (χ0) is 11.7. The molecule has 0 bridgehead atoms. The summed E-state index contributed by atoms with van der Waals surface area (Å²) in [5.41, 5.74) is 0. The van der Waals surface area contributed by atoms with Gasteiger partial charge in [0.2, 0.25) is 0 Å². The van der Waals surface area contributed by atoms with Gasteiger partial charge in [0.15, 0.2) is 5.12 Å². The van der Waals surface area contributed by atoms with Gasteiger partial charge in [-0.05, 0) is 32.9 Å². The quantitative estimate of drug-likeness (QED) is 0.388. The third kappa shape index (κ3) is 8.01. The van der Waals surface area contributed by atoms with Gasteiger partial charge in [-0.1, -0.05) is 6.42 Å². The van der Waals surface area contributed by atoms with E-state index < -0.39 is 8.56 Å². The van der Waals surface area contributed by atoms with Gasteiger partial charge in [-0.15, -0.1) is 12.6 Å². The van der Waals surface area contributed by atoms with E-state index in [1.165, 1.54) is 0 Å². The van der Waals surface area contributed by atoms with Crippen LogP contribution < -0.4 is 0 Å². The maximum atomic E-state index is 10.6. The third-order valence-corrected chi connectivity index (χ3v) is 5.45. The summed E-state index contributed by atoms with van der Waals surface area (Å²) in [6.45, 7) is 7.47. The van der Waals surface area contributed by atoms with Crippen LogP contribution in [0.15, 0.2) is 0 Å². The van der Waals surface area contributed by atoms with Gasteiger partial charge < -0.3 is 8.85 Å². The Morgan fingerprint density at radius 2 is 1.73 bits per heavy atom. The highest BCUT2D eigenvalue weighted by molar-refractivity contribution is 7.96. The van der Waals surface area contributed by atoms with Crippen LogP contribution in [0.25, 0.3) is 0 Å². The van der Waals surface area contributed by atoms with Crippen LogP contribution >= 0.6 is 12.6 Å². The molecule has 5 heteroatoms. The molecule has 0 rings (SSSR count). The number of hydrogen-bond donors (Lipinski definition) is 1. The van der Waals surface area contributed by atoms with Crippen LogP contribution in [-0.4, -0.2) is 26.9 Å². The van der Waals surface area contributed by atoms with Gasteiger partial charge in [0.1, 0.15) is 0 Å². The molecule has 0 aliphatic carbocycles. The second-order valence-corrected chi connectivity index (χ2v) is 7.44. The Hall–Kier alpha value is 0.157. The number of thiol groups is 1. The van der Waals surface area contributed by atoms with Gasteiger partial charge in [0.25, 0.3) is 0 Å². The molecule has 0 N–H and O–H groups in total. The molecule has 90 valence electrons. The molecule has 0 saturated heterocycles. The van der Waals surface area contributed by atoms with Crippen LogP contribution in [0.5, 0.6) is 0 Å². The molecule has 0 unspecified atom stereocenters. The van der Waals surface area contributed by atoms with Crippen LogP contribution in [0.1, 0.15) is 33.1 Å². The Morgan fingerprint density at radius 3 is 2.13 bits per heavy atom. The molecule has 0 aromatic heterocycles. The van der Waals surface area contributed by atoms with E-state index >= 15 is 0 Å². The van der Waals surface area contributed by atoms with E-state index in [0.717, 1.165) is 18.9 Å². The van der Waals surface area contributed by atoms with Crippen LogP contribution in [0.4, 0.5) is 0 Å². The van der Waals surface area contributed by atoms with Crippen LogP contribution in [0.3, 0.4) is 0 Å². The van der Waals surface area contributed by atoms with Crippen molar-refractivity contribution in [2.75, 3.05) is 13.2 Å². The maximum Gasteiger partial charge on any atom is 0.334 e. The first-order valence-electron chi connectivity index (χ1n) is 5.53. The second-order valence-electron chi connectivity index (χ2n) is 3.60. The fraction of sp³-hybridized carbons (Fsp3) is 0.900. The van der Waals surface area contributed by atoms with Gasteiger partial charge in [0.05, 0.1) is 0 Å². The number of unbranched alkanes of at least 4 members (excludes halogenated alkanes) is 1. The van der Waals surface area contributed by atoms with Gasteiger partial charge in [-0.3, -0.25) is 4.79 Å². The fourth-order valence-electron chi connectivity index (χ4n) is 1.52. The molecular weight excluding hydrogens is 228 g/mol. The lowest BCUT2D eigenvalue weighted by Gasteiger charge is -2.25. The lowest BCUT2D eigenvalue weighted by atomic mass is 10.3. The van der Waals surface area contributed by atoms with Crippen molar-refractivity contribution in [2.45, 2.75) is 45.7 Å².